The average molecular weight is 280 g/mol. The molecule has 0 saturated heterocycles. The first-order valence-corrected chi connectivity index (χ1v) is 7.47. The third-order valence-electron chi connectivity index (χ3n) is 4.36. The van der Waals surface area contributed by atoms with Gasteiger partial charge in [0.05, 0.1) is 0 Å². The van der Waals surface area contributed by atoms with Gasteiger partial charge in [-0.3, -0.25) is 4.90 Å². The van der Waals surface area contributed by atoms with Gasteiger partial charge >= 0.3 is 0 Å². The van der Waals surface area contributed by atoms with E-state index in [0.717, 1.165) is 18.7 Å². The molecule has 0 aliphatic carbocycles. The normalized spacial score (nSPS) is 15.4. The summed E-state index contributed by atoms with van der Waals surface area (Å²) in [6.45, 7) is 12.8. The van der Waals surface area contributed by atoms with E-state index in [2.05, 4.69) is 51.9 Å². The van der Waals surface area contributed by atoms with Crippen LogP contribution >= 0.6 is 0 Å². The Bertz CT molecular complexity index is 417. The molecule has 0 radical (unpaired) electrons. The molecule has 0 bridgehead atoms. The summed E-state index contributed by atoms with van der Waals surface area (Å²) in [4.78, 5) is 2.23. The van der Waals surface area contributed by atoms with Gasteiger partial charge in [0.1, 0.15) is 5.82 Å². The Morgan fingerprint density at radius 2 is 1.85 bits per heavy atom. The van der Waals surface area contributed by atoms with Crippen molar-refractivity contribution in [2.45, 2.75) is 46.7 Å². The molecule has 2 unspecified atom stereocenters. The van der Waals surface area contributed by atoms with Crippen LogP contribution in [-0.2, 0) is 0 Å². The van der Waals surface area contributed by atoms with Crippen LogP contribution in [0.15, 0.2) is 24.3 Å². The summed E-state index contributed by atoms with van der Waals surface area (Å²) < 4.78 is 13.9. The number of nitrogens with zero attached hydrogens (tertiary/aromatic N) is 1. The van der Waals surface area contributed by atoms with Crippen LogP contribution in [0, 0.1) is 11.2 Å². The Kier molecular flexibility index (Phi) is 6.15. The minimum Gasteiger partial charge on any atom is -0.314 e. The van der Waals surface area contributed by atoms with Gasteiger partial charge in [-0.05, 0) is 38.9 Å². The highest BCUT2D eigenvalue weighted by molar-refractivity contribution is 5.20. The first kappa shape index (κ1) is 17.1. The lowest BCUT2D eigenvalue weighted by Crippen LogP contribution is -2.46. The van der Waals surface area contributed by atoms with Gasteiger partial charge in [0.15, 0.2) is 0 Å². The second-order valence-electron chi connectivity index (χ2n) is 6.38. The lowest BCUT2D eigenvalue weighted by molar-refractivity contribution is 0.135. The monoisotopic (exact) mass is 280 g/mol. The van der Waals surface area contributed by atoms with E-state index < -0.39 is 0 Å². The fourth-order valence-corrected chi connectivity index (χ4v) is 2.55. The van der Waals surface area contributed by atoms with Crippen molar-refractivity contribution >= 4 is 0 Å². The third-order valence-corrected chi connectivity index (χ3v) is 4.36. The molecule has 0 aliphatic rings. The van der Waals surface area contributed by atoms with E-state index in [4.69, 9.17) is 0 Å². The summed E-state index contributed by atoms with van der Waals surface area (Å²) in [5.74, 6) is -0.121. The number of benzene rings is 1. The highest BCUT2D eigenvalue weighted by Gasteiger charge is 2.28. The van der Waals surface area contributed by atoms with E-state index in [1.165, 1.54) is 6.07 Å². The van der Waals surface area contributed by atoms with Crippen molar-refractivity contribution in [3.05, 3.63) is 35.6 Å². The van der Waals surface area contributed by atoms with Crippen molar-refractivity contribution in [1.29, 1.82) is 0 Å². The Morgan fingerprint density at radius 3 is 2.40 bits per heavy atom. The molecule has 114 valence electrons. The molecule has 0 saturated carbocycles. The highest BCUT2D eigenvalue weighted by Crippen LogP contribution is 2.27. The second-order valence-corrected chi connectivity index (χ2v) is 6.38. The van der Waals surface area contributed by atoms with E-state index >= 15 is 0 Å². The molecule has 2 atom stereocenters. The van der Waals surface area contributed by atoms with E-state index in [0.29, 0.717) is 6.04 Å². The van der Waals surface area contributed by atoms with Crippen molar-refractivity contribution in [1.82, 2.24) is 10.2 Å². The summed E-state index contributed by atoms with van der Waals surface area (Å²) in [5, 5.41) is 3.48. The number of nitrogens with one attached hydrogen (secondary N) is 1. The number of halogens is 1. The molecule has 3 heteroatoms. The smallest absolute Gasteiger partial charge is 0.127 e. The SMILES string of the molecule is CCNC(C)C(C)(C)CN(C)C(C)c1ccccc1F. The fourth-order valence-electron chi connectivity index (χ4n) is 2.55. The zero-order valence-corrected chi connectivity index (χ0v) is 13.7. The zero-order chi connectivity index (χ0) is 15.3. The molecule has 0 amide bonds. The van der Waals surface area contributed by atoms with Crippen molar-refractivity contribution in [3.63, 3.8) is 0 Å². The van der Waals surface area contributed by atoms with Gasteiger partial charge in [0, 0.05) is 24.2 Å². The van der Waals surface area contributed by atoms with Gasteiger partial charge < -0.3 is 5.32 Å². The summed E-state index contributed by atoms with van der Waals surface area (Å²) in [7, 11) is 2.07. The van der Waals surface area contributed by atoms with Crippen LogP contribution in [0.4, 0.5) is 4.39 Å². The standard InChI is InChI=1S/C17H29FN2/c1-7-19-14(3)17(4,5)12-20(6)13(2)15-10-8-9-11-16(15)18/h8-11,13-14,19H,7,12H2,1-6H3. The molecule has 0 aliphatic heterocycles. The number of hydrogen-bond acceptors (Lipinski definition) is 2. The highest BCUT2D eigenvalue weighted by atomic mass is 19.1. The van der Waals surface area contributed by atoms with E-state index in [9.17, 15) is 4.39 Å². The van der Waals surface area contributed by atoms with Crippen LogP contribution < -0.4 is 5.32 Å². The Morgan fingerprint density at radius 1 is 1.25 bits per heavy atom. The van der Waals surface area contributed by atoms with Crippen LogP contribution in [-0.4, -0.2) is 31.1 Å². The molecule has 1 aromatic rings. The lowest BCUT2D eigenvalue weighted by Gasteiger charge is -2.38. The van der Waals surface area contributed by atoms with Gasteiger partial charge in [-0.15, -0.1) is 0 Å². The molecule has 20 heavy (non-hydrogen) atoms. The van der Waals surface area contributed by atoms with Gasteiger partial charge in [-0.2, -0.15) is 0 Å². The minimum absolute atomic E-state index is 0.0734. The summed E-state index contributed by atoms with van der Waals surface area (Å²) in [5.41, 5.74) is 0.895. The first-order chi connectivity index (χ1) is 9.29. The largest absolute Gasteiger partial charge is 0.314 e. The Balaban J connectivity index is 2.75. The predicted octanol–water partition coefficient (Wildman–Crippen LogP) is 3.84. The molecule has 2 nitrogen and oxygen atoms in total. The molecule has 0 aromatic heterocycles. The van der Waals surface area contributed by atoms with Crippen LogP contribution in [0.25, 0.3) is 0 Å². The maximum atomic E-state index is 13.9. The van der Waals surface area contributed by atoms with E-state index in [1.807, 2.05) is 12.1 Å². The molecule has 1 N–H and O–H groups in total. The van der Waals surface area contributed by atoms with E-state index in [1.54, 1.807) is 6.07 Å². The minimum atomic E-state index is -0.121. The molecule has 1 aromatic carbocycles. The topological polar surface area (TPSA) is 15.3 Å². The van der Waals surface area contributed by atoms with Crippen LogP contribution in [0.5, 0.6) is 0 Å². The van der Waals surface area contributed by atoms with Gasteiger partial charge in [-0.25, -0.2) is 4.39 Å². The molecule has 0 fully saturated rings. The molecule has 1 rings (SSSR count). The summed E-state index contributed by atoms with van der Waals surface area (Å²) >= 11 is 0. The van der Waals surface area contributed by atoms with Crippen LogP contribution in [0.1, 0.15) is 46.2 Å². The predicted molar refractivity (Wildman–Crippen MR) is 84.4 cm³/mol. The zero-order valence-electron chi connectivity index (χ0n) is 13.7. The Labute approximate surface area is 123 Å². The maximum absolute atomic E-state index is 13.9. The van der Waals surface area contributed by atoms with Gasteiger partial charge in [-0.1, -0.05) is 39.0 Å². The molecular formula is C17H29FN2. The van der Waals surface area contributed by atoms with Crippen molar-refractivity contribution in [2.24, 2.45) is 5.41 Å². The molecule has 0 heterocycles. The lowest BCUT2D eigenvalue weighted by atomic mass is 9.84. The fraction of sp³-hybridized carbons (Fsp3) is 0.647. The quantitative estimate of drug-likeness (QED) is 0.816. The van der Waals surface area contributed by atoms with Crippen LogP contribution in [0.2, 0.25) is 0 Å². The Hall–Kier alpha value is -0.930. The van der Waals surface area contributed by atoms with Crippen molar-refractivity contribution in [3.8, 4) is 0 Å². The first-order valence-electron chi connectivity index (χ1n) is 7.47. The van der Waals surface area contributed by atoms with E-state index in [-0.39, 0.29) is 17.3 Å². The van der Waals surface area contributed by atoms with Gasteiger partial charge in [0.2, 0.25) is 0 Å². The number of hydrogen-bond donors (Lipinski definition) is 1. The third kappa shape index (κ3) is 4.29. The molecular weight excluding hydrogens is 251 g/mol. The summed E-state index contributed by atoms with van der Waals surface area (Å²) in [6.07, 6.45) is 0. The van der Waals surface area contributed by atoms with Gasteiger partial charge in [0.25, 0.3) is 0 Å². The van der Waals surface area contributed by atoms with Crippen molar-refractivity contribution < 1.29 is 4.39 Å². The molecule has 0 spiro atoms. The maximum Gasteiger partial charge on any atom is 0.127 e. The van der Waals surface area contributed by atoms with Crippen LogP contribution in [0.3, 0.4) is 0 Å². The number of rotatable bonds is 7. The van der Waals surface area contributed by atoms with Crippen molar-refractivity contribution in [2.75, 3.05) is 20.1 Å². The summed E-state index contributed by atoms with van der Waals surface area (Å²) in [6, 6.07) is 7.54. The average Bonchev–Trinajstić information content (AvgIpc) is 2.38. The second kappa shape index (κ2) is 7.19.